The summed E-state index contributed by atoms with van der Waals surface area (Å²) in [5.41, 5.74) is 3.21. The maximum Gasteiger partial charge on any atom is 0.259 e. The fraction of sp³-hybridized carbons (Fsp3) is 0.143. The average molecular weight is 330 g/mol. The molecule has 1 unspecified atom stereocenters. The summed E-state index contributed by atoms with van der Waals surface area (Å²) < 4.78 is 0. The van der Waals surface area contributed by atoms with E-state index in [0.717, 1.165) is 27.7 Å². The van der Waals surface area contributed by atoms with Crippen LogP contribution in [0.2, 0.25) is 0 Å². The van der Waals surface area contributed by atoms with Gasteiger partial charge in [-0.15, -0.1) is 0 Å². The minimum Gasteiger partial charge on any atom is -0.324 e. The van der Waals surface area contributed by atoms with Gasteiger partial charge in [0.1, 0.15) is 6.04 Å². The summed E-state index contributed by atoms with van der Waals surface area (Å²) in [5.74, 6) is -0.327. The van der Waals surface area contributed by atoms with Crippen LogP contribution in [0.5, 0.6) is 0 Å². The van der Waals surface area contributed by atoms with Crippen molar-refractivity contribution in [1.29, 1.82) is 0 Å². The average Bonchev–Trinajstić information content (AvgIpc) is 2.91. The van der Waals surface area contributed by atoms with Gasteiger partial charge in [0.05, 0.1) is 5.69 Å². The van der Waals surface area contributed by atoms with Gasteiger partial charge >= 0.3 is 0 Å². The fourth-order valence-corrected chi connectivity index (χ4v) is 3.39. The number of carbonyl (C=O) groups excluding carboxylic acids is 2. The van der Waals surface area contributed by atoms with E-state index in [4.69, 9.17) is 0 Å². The van der Waals surface area contributed by atoms with Crippen LogP contribution in [0, 0.1) is 6.92 Å². The van der Waals surface area contributed by atoms with Gasteiger partial charge < -0.3 is 5.32 Å². The fourth-order valence-electron chi connectivity index (χ4n) is 3.39. The van der Waals surface area contributed by atoms with Crippen LogP contribution in [-0.2, 0) is 4.79 Å². The molecular weight excluding hydrogens is 312 g/mol. The molecule has 1 aliphatic rings. The summed E-state index contributed by atoms with van der Waals surface area (Å²) in [7, 11) is 0. The summed E-state index contributed by atoms with van der Waals surface area (Å²) in [5, 5.41) is 4.87. The van der Waals surface area contributed by atoms with Crippen molar-refractivity contribution in [2.24, 2.45) is 0 Å². The van der Waals surface area contributed by atoms with Gasteiger partial charge in [-0.2, -0.15) is 0 Å². The van der Waals surface area contributed by atoms with Gasteiger partial charge in [-0.05, 0) is 43.0 Å². The van der Waals surface area contributed by atoms with Crippen molar-refractivity contribution in [3.8, 4) is 0 Å². The van der Waals surface area contributed by atoms with Crippen LogP contribution in [0.3, 0.4) is 0 Å². The molecule has 0 saturated heterocycles. The topological polar surface area (TPSA) is 49.4 Å². The minimum absolute atomic E-state index is 0.126. The lowest BCUT2D eigenvalue weighted by Crippen LogP contribution is -2.44. The molecule has 0 radical (unpaired) electrons. The molecule has 1 heterocycles. The van der Waals surface area contributed by atoms with E-state index in [1.165, 1.54) is 0 Å². The van der Waals surface area contributed by atoms with Crippen molar-refractivity contribution < 1.29 is 9.59 Å². The highest BCUT2D eigenvalue weighted by molar-refractivity contribution is 6.26. The predicted octanol–water partition coefficient (Wildman–Crippen LogP) is 4.14. The predicted molar refractivity (Wildman–Crippen MR) is 100 cm³/mol. The lowest BCUT2D eigenvalue weighted by Gasteiger charge is -2.25. The lowest BCUT2D eigenvalue weighted by molar-refractivity contribution is -0.117. The van der Waals surface area contributed by atoms with Crippen molar-refractivity contribution in [3.63, 3.8) is 0 Å². The Kier molecular flexibility index (Phi) is 3.53. The number of amides is 2. The Hall–Kier alpha value is -3.14. The molecule has 0 saturated carbocycles. The molecule has 3 aromatic rings. The SMILES string of the molecule is Cc1ccccc1NC(=O)C(C)N1C(=O)c2cccc3cccc1c23. The number of benzene rings is 3. The zero-order valence-corrected chi connectivity index (χ0v) is 14.1. The normalized spacial score (nSPS) is 14.0. The quantitative estimate of drug-likeness (QED) is 0.785. The Labute approximate surface area is 146 Å². The van der Waals surface area contributed by atoms with Gasteiger partial charge in [0.25, 0.3) is 5.91 Å². The van der Waals surface area contributed by atoms with E-state index in [2.05, 4.69) is 5.32 Å². The number of nitrogens with zero attached hydrogens (tertiary/aromatic N) is 1. The van der Waals surface area contributed by atoms with Gasteiger partial charge in [-0.1, -0.05) is 42.5 Å². The van der Waals surface area contributed by atoms with E-state index in [1.807, 2.05) is 67.6 Å². The second-order valence-corrected chi connectivity index (χ2v) is 6.34. The summed E-state index contributed by atoms with van der Waals surface area (Å²) in [6.07, 6.45) is 0. The molecule has 0 aromatic heterocycles. The molecular formula is C21H18N2O2. The molecule has 4 rings (SSSR count). The summed E-state index contributed by atoms with van der Waals surface area (Å²) in [4.78, 5) is 27.2. The molecule has 4 nitrogen and oxygen atoms in total. The van der Waals surface area contributed by atoms with E-state index in [1.54, 1.807) is 11.8 Å². The molecule has 0 fully saturated rings. The molecule has 1 aliphatic heterocycles. The summed E-state index contributed by atoms with van der Waals surface area (Å²) >= 11 is 0. The molecule has 2 amide bonds. The van der Waals surface area contributed by atoms with Crippen LogP contribution in [0.15, 0.2) is 60.7 Å². The van der Waals surface area contributed by atoms with Crippen LogP contribution in [0.25, 0.3) is 10.8 Å². The Morgan fingerprint density at radius 2 is 1.72 bits per heavy atom. The second kappa shape index (κ2) is 5.74. The van der Waals surface area contributed by atoms with Gasteiger partial charge in [0.15, 0.2) is 0 Å². The molecule has 1 atom stereocenters. The van der Waals surface area contributed by atoms with E-state index in [-0.39, 0.29) is 11.8 Å². The van der Waals surface area contributed by atoms with Crippen LogP contribution >= 0.6 is 0 Å². The Bertz CT molecular complexity index is 1000. The first-order valence-corrected chi connectivity index (χ1v) is 8.30. The number of nitrogens with one attached hydrogen (secondary N) is 1. The second-order valence-electron chi connectivity index (χ2n) is 6.34. The Morgan fingerprint density at radius 3 is 2.48 bits per heavy atom. The molecule has 0 aliphatic carbocycles. The number of para-hydroxylation sites is 1. The first-order chi connectivity index (χ1) is 12.1. The summed E-state index contributed by atoms with van der Waals surface area (Å²) in [6.45, 7) is 3.70. The van der Waals surface area contributed by atoms with Crippen LogP contribution < -0.4 is 10.2 Å². The molecule has 3 aromatic carbocycles. The van der Waals surface area contributed by atoms with Crippen molar-refractivity contribution in [2.45, 2.75) is 19.9 Å². The third-order valence-corrected chi connectivity index (χ3v) is 4.76. The highest BCUT2D eigenvalue weighted by Gasteiger charge is 2.35. The monoisotopic (exact) mass is 330 g/mol. The van der Waals surface area contributed by atoms with E-state index >= 15 is 0 Å². The number of rotatable bonds is 3. The zero-order valence-electron chi connectivity index (χ0n) is 14.1. The van der Waals surface area contributed by atoms with Crippen molar-refractivity contribution in [1.82, 2.24) is 0 Å². The number of hydrogen-bond donors (Lipinski definition) is 1. The third-order valence-electron chi connectivity index (χ3n) is 4.76. The molecule has 0 bridgehead atoms. The highest BCUT2D eigenvalue weighted by Crippen LogP contribution is 2.38. The maximum atomic E-state index is 12.9. The zero-order chi connectivity index (χ0) is 17.6. The van der Waals surface area contributed by atoms with E-state index in [0.29, 0.717) is 5.56 Å². The first kappa shape index (κ1) is 15.4. The first-order valence-electron chi connectivity index (χ1n) is 8.30. The van der Waals surface area contributed by atoms with Gasteiger partial charge in [0.2, 0.25) is 5.91 Å². The highest BCUT2D eigenvalue weighted by atomic mass is 16.2. The number of aryl methyl sites for hydroxylation is 1. The summed E-state index contributed by atoms with van der Waals surface area (Å²) in [6, 6.07) is 18.5. The Morgan fingerprint density at radius 1 is 1.00 bits per heavy atom. The van der Waals surface area contributed by atoms with Crippen LogP contribution in [0.1, 0.15) is 22.8 Å². The van der Waals surface area contributed by atoms with Gasteiger partial charge in [-0.25, -0.2) is 0 Å². The molecule has 124 valence electrons. The number of anilines is 2. The number of hydrogen-bond acceptors (Lipinski definition) is 2. The van der Waals surface area contributed by atoms with Gasteiger partial charge in [-0.3, -0.25) is 14.5 Å². The smallest absolute Gasteiger partial charge is 0.259 e. The lowest BCUT2D eigenvalue weighted by atomic mass is 10.1. The van der Waals surface area contributed by atoms with E-state index < -0.39 is 6.04 Å². The van der Waals surface area contributed by atoms with Crippen molar-refractivity contribution >= 4 is 34.0 Å². The maximum absolute atomic E-state index is 12.9. The standard InChI is InChI=1S/C21H18N2O2/c1-13-7-3-4-11-17(13)22-20(24)14(2)23-18-12-6-9-15-8-5-10-16(19(15)18)21(23)25/h3-12,14H,1-2H3,(H,22,24). The molecule has 4 heteroatoms. The third kappa shape index (κ3) is 2.38. The molecule has 1 N–H and O–H groups in total. The van der Waals surface area contributed by atoms with Crippen molar-refractivity contribution in [2.75, 3.05) is 10.2 Å². The molecule has 0 spiro atoms. The Balaban J connectivity index is 1.69. The minimum atomic E-state index is -0.606. The largest absolute Gasteiger partial charge is 0.324 e. The van der Waals surface area contributed by atoms with E-state index in [9.17, 15) is 9.59 Å². The van der Waals surface area contributed by atoms with Crippen LogP contribution in [-0.4, -0.2) is 17.9 Å². The van der Waals surface area contributed by atoms with Crippen molar-refractivity contribution in [3.05, 3.63) is 71.8 Å². The number of carbonyl (C=O) groups is 2. The van der Waals surface area contributed by atoms with Gasteiger partial charge in [0, 0.05) is 16.6 Å². The molecule has 25 heavy (non-hydrogen) atoms. The van der Waals surface area contributed by atoms with Crippen LogP contribution in [0.4, 0.5) is 11.4 Å².